The van der Waals surface area contributed by atoms with Crippen LogP contribution in [0.1, 0.15) is 62.3 Å². The topological polar surface area (TPSA) is 100.0 Å². The summed E-state index contributed by atoms with van der Waals surface area (Å²) >= 11 is 0. The highest BCUT2D eigenvalue weighted by Gasteiger charge is 2.34. The molecule has 30 heavy (non-hydrogen) atoms. The molecule has 160 valence electrons. The van der Waals surface area contributed by atoms with Gasteiger partial charge in [0.15, 0.2) is 0 Å². The van der Waals surface area contributed by atoms with Crippen LogP contribution in [-0.4, -0.2) is 29.3 Å². The molecule has 2 aromatic carbocycles. The Morgan fingerprint density at radius 2 is 1.90 bits per heavy atom. The molecule has 0 heterocycles. The zero-order valence-electron chi connectivity index (χ0n) is 18.6. The highest BCUT2D eigenvalue weighted by molar-refractivity contribution is 5.87. The maximum absolute atomic E-state index is 10.7. The number of hydrogen-bond donors (Lipinski definition) is 3. The first-order chi connectivity index (χ1) is 14.2. The Kier molecular flexibility index (Phi) is 9.87. The molecule has 0 saturated heterocycles. The molecular formula is C24H33N4O2+. The van der Waals surface area contributed by atoms with Gasteiger partial charge in [0.25, 0.3) is 0 Å². The molecule has 0 aliphatic rings. The van der Waals surface area contributed by atoms with Crippen LogP contribution in [0.25, 0.3) is 0 Å². The molecule has 0 saturated carbocycles. The average molecular weight is 410 g/mol. The molecule has 0 aliphatic carbocycles. The quantitative estimate of drug-likeness (QED) is 0.320. The number of aryl methyl sites for hydroxylation is 1. The van der Waals surface area contributed by atoms with Crippen LogP contribution in [0.4, 0.5) is 5.69 Å². The van der Waals surface area contributed by atoms with Crippen LogP contribution in [0.3, 0.4) is 0 Å². The van der Waals surface area contributed by atoms with E-state index in [2.05, 4.69) is 25.3 Å². The Bertz CT molecular complexity index is 885. The molecule has 2 aromatic rings. The van der Waals surface area contributed by atoms with E-state index in [0.29, 0.717) is 16.1 Å². The predicted octanol–water partition coefficient (Wildman–Crippen LogP) is 5.12. The van der Waals surface area contributed by atoms with Gasteiger partial charge in [-0.05, 0) is 56.0 Å². The molecule has 0 fully saturated rings. The first-order valence-electron chi connectivity index (χ1n) is 10.2. The molecule has 2 unspecified atom stereocenters. The van der Waals surface area contributed by atoms with Gasteiger partial charge in [-0.3, -0.25) is 0 Å². The van der Waals surface area contributed by atoms with E-state index < -0.39 is 0 Å². The van der Waals surface area contributed by atoms with E-state index in [9.17, 15) is 10.0 Å². The summed E-state index contributed by atoms with van der Waals surface area (Å²) in [4.78, 5) is 11.3. The maximum Gasteiger partial charge on any atom is 0.216 e. The van der Waals surface area contributed by atoms with E-state index in [1.807, 2.05) is 50.2 Å². The number of nitroso groups, excluding NO2 is 1. The lowest BCUT2D eigenvalue weighted by atomic mass is 9.71. The number of nitrogens with zero attached hydrogens (tertiary/aromatic N) is 2. The number of aliphatic hydroxyl groups excluding tert-OH is 1. The Labute approximate surface area is 179 Å². The van der Waals surface area contributed by atoms with Gasteiger partial charge in [-0.2, -0.15) is 5.26 Å². The van der Waals surface area contributed by atoms with Crippen LogP contribution in [0, 0.1) is 28.6 Å². The van der Waals surface area contributed by atoms with Gasteiger partial charge < -0.3 is 10.5 Å². The molecule has 6 nitrogen and oxygen atoms in total. The highest BCUT2D eigenvalue weighted by atomic mass is 16.3. The van der Waals surface area contributed by atoms with Gasteiger partial charge in [-0.1, -0.05) is 44.5 Å². The monoisotopic (exact) mass is 409 g/mol. The summed E-state index contributed by atoms with van der Waals surface area (Å²) in [6, 6.07) is 15.2. The van der Waals surface area contributed by atoms with Crippen LogP contribution < -0.4 is 5.43 Å². The summed E-state index contributed by atoms with van der Waals surface area (Å²) in [5.41, 5.74) is 6.59. The molecule has 0 aromatic heterocycles. The van der Waals surface area contributed by atoms with Crippen molar-refractivity contribution in [3.8, 4) is 6.07 Å². The fourth-order valence-corrected chi connectivity index (χ4v) is 3.73. The minimum absolute atomic E-state index is 0.178. The molecular weight excluding hydrogens is 376 g/mol. The van der Waals surface area contributed by atoms with Crippen molar-refractivity contribution in [2.45, 2.75) is 58.5 Å². The van der Waals surface area contributed by atoms with Crippen molar-refractivity contribution in [2.24, 2.45) is 0 Å². The van der Waals surface area contributed by atoms with Gasteiger partial charge in [0.05, 0.1) is 22.6 Å². The summed E-state index contributed by atoms with van der Waals surface area (Å²) in [5.74, 6) is 0. The zero-order chi connectivity index (χ0) is 22.7. The third-order valence-electron chi connectivity index (χ3n) is 5.46. The highest BCUT2D eigenvalue weighted by Crippen LogP contribution is 2.36. The van der Waals surface area contributed by atoms with Crippen molar-refractivity contribution < 1.29 is 9.98 Å². The Balaban J connectivity index is 0.000000311. The summed E-state index contributed by atoms with van der Waals surface area (Å²) < 4.78 is 0. The second kappa shape index (κ2) is 11.8. The molecule has 3 N–H and O–H groups in total. The van der Waals surface area contributed by atoms with E-state index in [0.717, 1.165) is 36.0 Å². The summed E-state index contributed by atoms with van der Waals surface area (Å²) in [6.45, 7) is 8.00. The van der Waals surface area contributed by atoms with Crippen LogP contribution in [0.2, 0.25) is 0 Å². The second-order valence-corrected chi connectivity index (χ2v) is 7.41. The third-order valence-corrected chi connectivity index (χ3v) is 5.46. The summed E-state index contributed by atoms with van der Waals surface area (Å²) in [5, 5.41) is 26.1. The zero-order valence-corrected chi connectivity index (χ0v) is 18.6. The predicted molar refractivity (Wildman–Crippen MR) is 122 cm³/mol. The van der Waals surface area contributed by atoms with Crippen molar-refractivity contribution in [1.29, 1.82) is 10.7 Å². The normalized spacial score (nSPS) is 13.1. The molecule has 0 spiro atoms. The minimum Gasteiger partial charge on any atom is -0.392 e. The number of hydrazine groups is 1. The van der Waals surface area contributed by atoms with Crippen LogP contribution in [0.5, 0.6) is 0 Å². The Morgan fingerprint density at radius 1 is 1.27 bits per heavy atom. The van der Waals surface area contributed by atoms with Crippen molar-refractivity contribution in [3.05, 3.63) is 69.6 Å². The number of hydrogen-bond acceptors (Lipinski definition) is 4. The first kappa shape index (κ1) is 25.0. The first-order valence-corrected chi connectivity index (χ1v) is 10.2. The van der Waals surface area contributed by atoms with Crippen molar-refractivity contribution in [3.63, 3.8) is 0 Å². The fourth-order valence-electron chi connectivity index (χ4n) is 3.73. The van der Waals surface area contributed by atoms with Crippen LogP contribution in [-0.2, 0) is 5.41 Å². The van der Waals surface area contributed by atoms with Crippen molar-refractivity contribution in [2.75, 3.05) is 12.5 Å². The fraction of sp³-hybridized carbons (Fsp3) is 0.417. The molecule has 0 amide bonds. The van der Waals surface area contributed by atoms with Gasteiger partial charge in [-0.25, -0.2) is 0 Å². The molecule has 0 bridgehead atoms. The van der Waals surface area contributed by atoms with Gasteiger partial charge in [-0.15, -0.1) is 5.43 Å². The summed E-state index contributed by atoms with van der Waals surface area (Å²) in [7, 11) is 1.37. The second-order valence-electron chi connectivity index (χ2n) is 7.41. The Hall–Kier alpha value is -3.04. The molecule has 0 aliphatic heterocycles. The van der Waals surface area contributed by atoms with Crippen molar-refractivity contribution >= 4 is 11.9 Å². The van der Waals surface area contributed by atoms with Crippen LogP contribution in [0.15, 0.2) is 42.5 Å². The smallest absolute Gasteiger partial charge is 0.216 e. The number of aliphatic hydroxyl groups is 1. The van der Waals surface area contributed by atoms with E-state index >= 15 is 0 Å². The SMILES string of the molecule is CCCC(CC)(c1ccc(C#N)cc1)C(C)O.Cc1cccc(N[N+](C)=O)c1C=N. The maximum atomic E-state index is 10.7. The van der Waals surface area contributed by atoms with E-state index in [-0.39, 0.29) is 11.5 Å². The number of rotatable bonds is 8. The lowest BCUT2D eigenvalue weighted by Gasteiger charge is -2.36. The van der Waals surface area contributed by atoms with Gasteiger partial charge in [0.2, 0.25) is 7.05 Å². The summed E-state index contributed by atoms with van der Waals surface area (Å²) in [6.07, 6.45) is 3.78. The Morgan fingerprint density at radius 3 is 2.33 bits per heavy atom. The molecule has 0 radical (unpaired) electrons. The molecule has 6 heteroatoms. The van der Waals surface area contributed by atoms with E-state index in [4.69, 9.17) is 10.7 Å². The third kappa shape index (κ3) is 6.23. The minimum atomic E-state index is -0.375. The van der Waals surface area contributed by atoms with Gasteiger partial charge in [0, 0.05) is 17.2 Å². The molecule has 2 atom stereocenters. The number of nitrogens with one attached hydrogen (secondary N) is 2. The van der Waals surface area contributed by atoms with Gasteiger partial charge >= 0.3 is 0 Å². The van der Waals surface area contributed by atoms with E-state index in [1.165, 1.54) is 13.3 Å². The lowest BCUT2D eigenvalue weighted by Crippen LogP contribution is -2.37. The van der Waals surface area contributed by atoms with Gasteiger partial charge in [0.1, 0.15) is 10.6 Å². The largest absolute Gasteiger partial charge is 0.392 e. The molecule has 2 rings (SSSR count). The average Bonchev–Trinajstić information content (AvgIpc) is 2.72. The number of benzene rings is 2. The number of anilines is 1. The van der Waals surface area contributed by atoms with Crippen LogP contribution >= 0.6 is 0 Å². The van der Waals surface area contributed by atoms with E-state index in [1.54, 1.807) is 6.07 Å². The van der Waals surface area contributed by atoms with Crippen molar-refractivity contribution in [1.82, 2.24) is 0 Å². The standard InChI is InChI=1S/C15H21NO.C9H12N3O/c1-4-10-15(5-2,12(3)17)14-8-6-13(11-16)7-9-14;1-7-4-3-5-9(8(7)6-10)11-12(2)13/h6-9,12,17H,4-5,10H2,1-3H3;3-6,10H,1-2H3,(H,11,13)/q;+1. The number of nitriles is 1. The lowest BCUT2D eigenvalue weighted by molar-refractivity contribution is -0.486.